The Morgan fingerprint density at radius 3 is 2.41 bits per heavy atom. The van der Waals surface area contributed by atoms with Gasteiger partial charge in [0, 0.05) is 0 Å². The molecule has 0 fully saturated rings. The fourth-order valence-corrected chi connectivity index (χ4v) is 4.56. The molecule has 0 aliphatic heterocycles. The Hall–Kier alpha value is -3.80. The maximum Gasteiger partial charge on any atom is 0.416 e. The number of carboxylic acid groups (broad SMARTS) is 1. The van der Waals surface area contributed by atoms with Crippen molar-refractivity contribution >= 4 is 23.4 Å². The molecule has 0 radical (unpaired) electrons. The number of anilines is 2. The van der Waals surface area contributed by atoms with E-state index in [1.54, 1.807) is 19.1 Å². The maximum atomic E-state index is 11.9. The topological polar surface area (TPSA) is 76.1 Å². The molecular formula is C28H29NO5. The van der Waals surface area contributed by atoms with Gasteiger partial charge in [-0.25, -0.2) is 14.5 Å². The molecule has 1 N–H and O–H groups in total. The van der Waals surface area contributed by atoms with Crippen LogP contribution in [0.15, 0.2) is 72.8 Å². The van der Waals surface area contributed by atoms with Crippen LogP contribution in [-0.4, -0.2) is 30.4 Å². The van der Waals surface area contributed by atoms with E-state index in [4.69, 9.17) is 9.47 Å². The van der Waals surface area contributed by atoms with Crippen molar-refractivity contribution in [1.29, 1.82) is 0 Å². The van der Waals surface area contributed by atoms with Crippen LogP contribution in [0.3, 0.4) is 0 Å². The van der Waals surface area contributed by atoms with Gasteiger partial charge in [-0.3, -0.25) is 0 Å². The van der Waals surface area contributed by atoms with Crippen molar-refractivity contribution in [3.8, 4) is 5.75 Å². The van der Waals surface area contributed by atoms with Gasteiger partial charge in [-0.05, 0) is 85.5 Å². The van der Waals surface area contributed by atoms with Crippen molar-refractivity contribution in [2.45, 2.75) is 32.6 Å². The summed E-state index contributed by atoms with van der Waals surface area (Å²) in [5.74, 6) is 0.900. The van der Waals surface area contributed by atoms with Crippen molar-refractivity contribution in [1.82, 2.24) is 0 Å². The maximum absolute atomic E-state index is 11.9. The predicted molar refractivity (Wildman–Crippen MR) is 131 cm³/mol. The van der Waals surface area contributed by atoms with Gasteiger partial charge in [-0.15, -0.1) is 0 Å². The van der Waals surface area contributed by atoms with Crippen molar-refractivity contribution in [2.24, 2.45) is 5.92 Å². The zero-order valence-electron chi connectivity index (χ0n) is 19.3. The number of fused-ring (bicyclic) bond motifs is 1. The number of ether oxygens (including phenoxy) is 2. The van der Waals surface area contributed by atoms with Gasteiger partial charge in [-0.2, -0.15) is 0 Å². The third-order valence-electron chi connectivity index (χ3n) is 6.12. The standard InChI is InChI=1S/C28H29NO5/c1-2-33-27(30)19-34-26-10-6-7-22-18-21(13-16-25(22)26)17-20-11-14-24(15-12-20)29(28(31)32)23-8-4-3-5-9-23/h3-12,14-15,21H,2,13,16-19H2,1H3,(H,31,32). The normalized spacial score (nSPS) is 14.7. The smallest absolute Gasteiger partial charge is 0.416 e. The molecule has 1 aliphatic rings. The molecule has 0 aromatic heterocycles. The summed E-state index contributed by atoms with van der Waals surface area (Å²) in [6, 6.07) is 22.9. The van der Waals surface area contributed by atoms with Crippen LogP contribution < -0.4 is 9.64 Å². The van der Waals surface area contributed by atoms with Crippen LogP contribution >= 0.6 is 0 Å². The predicted octanol–water partition coefficient (Wildman–Crippen LogP) is 5.79. The van der Waals surface area contributed by atoms with Crippen LogP contribution in [-0.2, 0) is 28.8 Å². The first kappa shape index (κ1) is 23.4. The average Bonchev–Trinajstić information content (AvgIpc) is 2.84. The van der Waals surface area contributed by atoms with Gasteiger partial charge in [0.25, 0.3) is 0 Å². The fraction of sp³-hybridized carbons (Fsp3) is 0.286. The van der Waals surface area contributed by atoms with E-state index >= 15 is 0 Å². The summed E-state index contributed by atoms with van der Waals surface area (Å²) in [5, 5.41) is 9.71. The van der Waals surface area contributed by atoms with Crippen molar-refractivity contribution < 1.29 is 24.2 Å². The molecule has 0 saturated carbocycles. The highest BCUT2D eigenvalue weighted by molar-refractivity contribution is 5.94. The lowest BCUT2D eigenvalue weighted by atomic mass is 9.80. The van der Waals surface area contributed by atoms with Crippen molar-refractivity contribution in [2.75, 3.05) is 18.1 Å². The Kier molecular flexibility index (Phi) is 7.48. The van der Waals surface area contributed by atoms with Crippen LogP contribution in [0.4, 0.5) is 16.2 Å². The van der Waals surface area contributed by atoms with Crippen LogP contribution in [0.2, 0.25) is 0 Å². The molecule has 6 nitrogen and oxygen atoms in total. The van der Waals surface area contributed by atoms with E-state index in [2.05, 4.69) is 6.07 Å². The number of nitrogens with zero attached hydrogens (tertiary/aromatic N) is 1. The number of carbonyl (C=O) groups is 2. The van der Waals surface area contributed by atoms with Gasteiger partial charge in [0.1, 0.15) is 5.75 Å². The minimum Gasteiger partial charge on any atom is -0.482 e. The Morgan fingerprint density at radius 2 is 1.71 bits per heavy atom. The lowest BCUT2D eigenvalue weighted by molar-refractivity contribution is -0.145. The van der Waals surface area contributed by atoms with E-state index in [1.165, 1.54) is 21.6 Å². The van der Waals surface area contributed by atoms with Gasteiger partial charge >= 0.3 is 12.1 Å². The minimum absolute atomic E-state index is 0.0730. The first-order chi connectivity index (χ1) is 16.5. The molecule has 6 heteroatoms. The molecular weight excluding hydrogens is 430 g/mol. The van der Waals surface area contributed by atoms with E-state index < -0.39 is 6.09 Å². The lowest BCUT2D eigenvalue weighted by Crippen LogP contribution is -2.23. The van der Waals surface area contributed by atoms with Gasteiger partial charge in [0.15, 0.2) is 6.61 Å². The molecule has 1 atom stereocenters. The number of hydrogen-bond donors (Lipinski definition) is 1. The van der Waals surface area contributed by atoms with E-state index in [1.807, 2.05) is 54.6 Å². The Bertz CT molecular complexity index is 1130. The van der Waals surface area contributed by atoms with Gasteiger partial charge in [-0.1, -0.05) is 42.5 Å². The number of rotatable bonds is 8. The summed E-state index contributed by atoms with van der Waals surface area (Å²) >= 11 is 0. The minimum atomic E-state index is -1.01. The number of benzene rings is 3. The zero-order chi connectivity index (χ0) is 23.9. The highest BCUT2D eigenvalue weighted by Gasteiger charge is 2.23. The molecule has 0 saturated heterocycles. The van der Waals surface area contributed by atoms with E-state index in [0.29, 0.717) is 23.9 Å². The number of para-hydroxylation sites is 1. The zero-order valence-corrected chi connectivity index (χ0v) is 19.3. The van der Waals surface area contributed by atoms with Crippen molar-refractivity contribution in [3.05, 3.63) is 89.5 Å². The number of hydrogen-bond acceptors (Lipinski definition) is 4. The second-order valence-corrected chi connectivity index (χ2v) is 8.42. The number of esters is 1. The molecule has 3 aromatic carbocycles. The summed E-state index contributed by atoms with van der Waals surface area (Å²) in [5.41, 5.74) is 4.87. The number of amides is 1. The Morgan fingerprint density at radius 1 is 0.971 bits per heavy atom. The monoisotopic (exact) mass is 459 g/mol. The second kappa shape index (κ2) is 10.9. The summed E-state index contributed by atoms with van der Waals surface area (Å²) in [4.78, 5) is 24.8. The molecule has 4 rings (SSSR count). The average molecular weight is 460 g/mol. The van der Waals surface area contributed by atoms with E-state index in [9.17, 15) is 14.7 Å². The van der Waals surface area contributed by atoms with Crippen LogP contribution in [0, 0.1) is 5.92 Å². The molecule has 0 heterocycles. The van der Waals surface area contributed by atoms with Crippen LogP contribution in [0.5, 0.6) is 5.75 Å². The Labute approximate surface area is 199 Å². The molecule has 176 valence electrons. The number of carbonyl (C=O) groups excluding carboxylic acids is 1. The molecule has 3 aromatic rings. The van der Waals surface area contributed by atoms with Crippen LogP contribution in [0.25, 0.3) is 0 Å². The van der Waals surface area contributed by atoms with Gasteiger partial charge < -0.3 is 14.6 Å². The van der Waals surface area contributed by atoms with Crippen LogP contribution in [0.1, 0.15) is 30.0 Å². The second-order valence-electron chi connectivity index (χ2n) is 8.42. The Balaban J connectivity index is 1.41. The first-order valence-corrected chi connectivity index (χ1v) is 11.6. The lowest BCUT2D eigenvalue weighted by Gasteiger charge is -2.26. The van der Waals surface area contributed by atoms with Gasteiger partial charge in [0.2, 0.25) is 0 Å². The van der Waals surface area contributed by atoms with E-state index in [-0.39, 0.29) is 12.6 Å². The molecule has 1 aliphatic carbocycles. The largest absolute Gasteiger partial charge is 0.482 e. The molecule has 0 spiro atoms. The molecule has 34 heavy (non-hydrogen) atoms. The molecule has 1 amide bonds. The third kappa shape index (κ3) is 5.57. The highest BCUT2D eigenvalue weighted by Crippen LogP contribution is 2.34. The fourth-order valence-electron chi connectivity index (χ4n) is 4.56. The molecule has 1 unspecified atom stereocenters. The third-order valence-corrected chi connectivity index (χ3v) is 6.12. The first-order valence-electron chi connectivity index (χ1n) is 11.6. The quantitative estimate of drug-likeness (QED) is 0.431. The summed E-state index contributed by atoms with van der Waals surface area (Å²) in [7, 11) is 0. The SMILES string of the molecule is CCOC(=O)COc1cccc2c1CCC(Cc1ccc(N(C(=O)O)c3ccccc3)cc1)C2. The van der Waals surface area contributed by atoms with Crippen molar-refractivity contribution in [3.63, 3.8) is 0 Å². The summed E-state index contributed by atoms with van der Waals surface area (Å²) in [6.45, 7) is 2.05. The summed E-state index contributed by atoms with van der Waals surface area (Å²) in [6.07, 6.45) is 2.78. The summed E-state index contributed by atoms with van der Waals surface area (Å²) < 4.78 is 10.7. The van der Waals surface area contributed by atoms with E-state index in [0.717, 1.165) is 31.4 Å². The molecule has 0 bridgehead atoms. The van der Waals surface area contributed by atoms with Gasteiger partial charge in [0.05, 0.1) is 18.0 Å². The highest BCUT2D eigenvalue weighted by atomic mass is 16.6.